The standard InChI is InChI=1S/C7H8BFO2/c1-5-3-2-4-6(7(5)9)8(10)11/h2-4,10-11H,1H3/i2D,3D,4D. The fraction of sp³-hybridized carbons (Fsp3) is 0.143. The minimum Gasteiger partial charge on any atom is -0.423 e. The number of hydrogen-bond donors (Lipinski definition) is 2. The molecular formula is C7H8BFO2. The summed E-state index contributed by atoms with van der Waals surface area (Å²) in [5, 5.41) is 17.6. The smallest absolute Gasteiger partial charge is 0.423 e. The molecule has 0 unspecified atom stereocenters. The van der Waals surface area contributed by atoms with Crippen molar-refractivity contribution in [2.24, 2.45) is 0 Å². The Morgan fingerprint density at radius 3 is 2.73 bits per heavy atom. The van der Waals surface area contributed by atoms with Gasteiger partial charge in [-0.1, -0.05) is 18.1 Å². The molecule has 0 spiro atoms. The van der Waals surface area contributed by atoms with Crippen molar-refractivity contribution in [2.75, 3.05) is 0 Å². The molecule has 1 aromatic rings. The molecule has 0 radical (unpaired) electrons. The van der Waals surface area contributed by atoms with E-state index in [2.05, 4.69) is 0 Å². The van der Waals surface area contributed by atoms with Crippen LogP contribution in [0.15, 0.2) is 18.1 Å². The van der Waals surface area contributed by atoms with Crippen LogP contribution in [0, 0.1) is 12.7 Å². The van der Waals surface area contributed by atoms with E-state index in [-0.39, 0.29) is 5.56 Å². The van der Waals surface area contributed by atoms with Gasteiger partial charge in [0.15, 0.2) is 0 Å². The van der Waals surface area contributed by atoms with Crippen LogP contribution in [0.3, 0.4) is 0 Å². The van der Waals surface area contributed by atoms with Gasteiger partial charge in [-0.05, 0) is 12.5 Å². The van der Waals surface area contributed by atoms with Crippen LogP contribution >= 0.6 is 0 Å². The van der Waals surface area contributed by atoms with Crippen LogP contribution < -0.4 is 5.46 Å². The lowest BCUT2D eigenvalue weighted by Gasteiger charge is -2.02. The van der Waals surface area contributed by atoms with Crippen LogP contribution in [0.25, 0.3) is 0 Å². The van der Waals surface area contributed by atoms with Crippen molar-refractivity contribution in [3.8, 4) is 0 Å². The summed E-state index contributed by atoms with van der Waals surface area (Å²) in [5.41, 5.74) is -0.808. The van der Waals surface area contributed by atoms with Crippen molar-refractivity contribution >= 4 is 12.6 Å². The molecule has 0 aliphatic carbocycles. The van der Waals surface area contributed by atoms with E-state index in [4.69, 9.17) is 14.2 Å². The summed E-state index contributed by atoms with van der Waals surface area (Å²) in [6.45, 7) is 1.25. The summed E-state index contributed by atoms with van der Waals surface area (Å²) in [5.74, 6) is -1.01. The van der Waals surface area contributed by atoms with E-state index < -0.39 is 36.5 Å². The minimum absolute atomic E-state index is 0.158. The second-order valence-corrected chi connectivity index (χ2v) is 2.10. The van der Waals surface area contributed by atoms with Crippen molar-refractivity contribution in [2.45, 2.75) is 6.92 Å². The molecule has 0 saturated carbocycles. The maximum atomic E-state index is 13.3. The summed E-state index contributed by atoms with van der Waals surface area (Å²) in [4.78, 5) is 0. The maximum absolute atomic E-state index is 13.3. The maximum Gasteiger partial charge on any atom is 0.491 e. The van der Waals surface area contributed by atoms with Gasteiger partial charge < -0.3 is 10.0 Å². The van der Waals surface area contributed by atoms with Gasteiger partial charge >= 0.3 is 7.12 Å². The normalized spacial score (nSPS) is 13.6. The van der Waals surface area contributed by atoms with Gasteiger partial charge in [0.2, 0.25) is 0 Å². The predicted molar refractivity (Wildman–Crippen MR) is 41.0 cm³/mol. The van der Waals surface area contributed by atoms with Crippen molar-refractivity contribution in [1.82, 2.24) is 0 Å². The zero-order chi connectivity index (χ0) is 11.0. The van der Waals surface area contributed by atoms with Crippen LogP contribution in [-0.4, -0.2) is 17.2 Å². The van der Waals surface area contributed by atoms with Crippen LogP contribution in [0.5, 0.6) is 0 Å². The summed E-state index contributed by atoms with van der Waals surface area (Å²) >= 11 is 0. The van der Waals surface area contributed by atoms with Gasteiger partial charge in [0.25, 0.3) is 0 Å². The van der Waals surface area contributed by atoms with Crippen molar-refractivity contribution < 1.29 is 18.6 Å². The molecule has 0 saturated heterocycles. The van der Waals surface area contributed by atoms with Crippen LogP contribution in [-0.2, 0) is 0 Å². The number of rotatable bonds is 1. The third-order valence-electron chi connectivity index (χ3n) is 1.27. The average Bonchev–Trinajstić information content (AvgIpc) is 2.11. The largest absolute Gasteiger partial charge is 0.491 e. The first-order valence-corrected chi connectivity index (χ1v) is 2.99. The summed E-state index contributed by atoms with van der Waals surface area (Å²) in [6.07, 6.45) is 0. The van der Waals surface area contributed by atoms with E-state index in [1.165, 1.54) is 6.92 Å². The Morgan fingerprint density at radius 1 is 1.55 bits per heavy atom. The lowest BCUT2D eigenvalue weighted by atomic mass is 9.79. The highest BCUT2D eigenvalue weighted by Crippen LogP contribution is 2.01. The van der Waals surface area contributed by atoms with E-state index >= 15 is 0 Å². The van der Waals surface area contributed by atoms with E-state index in [1.807, 2.05) is 0 Å². The second-order valence-electron chi connectivity index (χ2n) is 2.10. The Morgan fingerprint density at radius 2 is 2.18 bits per heavy atom. The van der Waals surface area contributed by atoms with Gasteiger partial charge in [-0.2, -0.15) is 0 Å². The third-order valence-corrected chi connectivity index (χ3v) is 1.27. The van der Waals surface area contributed by atoms with Gasteiger partial charge in [-0.25, -0.2) is 4.39 Å². The SMILES string of the molecule is [2H]c1c([2H])c(C)c(F)c(B(O)O)c1[2H]. The molecule has 4 heteroatoms. The third kappa shape index (κ3) is 1.58. The van der Waals surface area contributed by atoms with Crippen LogP contribution in [0.4, 0.5) is 4.39 Å². The van der Waals surface area contributed by atoms with Gasteiger partial charge in [0.05, 0.1) is 4.11 Å². The number of benzene rings is 1. The molecule has 0 bridgehead atoms. The van der Waals surface area contributed by atoms with Crippen LogP contribution in [0.1, 0.15) is 9.68 Å². The van der Waals surface area contributed by atoms with Crippen molar-refractivity contribution in [1.29, 1.82) is 0 Å². The highest BCUT2D eigenvalue weighted by atomic mass is 19.1. The monoisotopic (exact) mass is 157 g/mol. The zero-order valence-electron chi connectivity index (χ0n) is 8.85. The lowest BCUT2D eigenvalue weighted by molar-refractivity contribution is 0.423. The van der Waals surface area contributed by atoms with E-state index in [9.17, 15) is 4.39 Å². The van der Waals surface area contributed by atoms with E-state index in [0.717, 1.165) is 0 Å². The summed E-state index contributed by atoms with van der Waals surface area (Å²) in [7, 11) is -2.13. The highest BCUT2D eigenvalue weighted by molar-refractivity contribution is 6.58. The molecule has 1 aromatic carbocycles. The Labute approximate surface area is 68.7 Å². The molecule has 58 valence electrons. The quantitative estimate of drug-likeness (QED) is 0.554. The fourth-order valence-electron chi connectivity index (χ4n) is 0.682. The molecule has 0 amide bonds. The first-order chi connectivity index (χ1) is 6.37. The highest BCUT2D eigenvalue weighted by Gasteiger charge is 2.16. The van der Waals surface area contributed by atoms with Gasteiger partial charge in [-0.15, -0.1) is 0 Å². The Balaban J connectivity index is 3.60. The second kappa shape index (κ2) is 3.03. The summed E-state index contributed by atoms with van der Waals surface area (Å²) in [6, 6.07) is -1.57. The fourth-order valence-corrected chi connectivity index (χ4v) is 0.682. The van der Waals surface area contributed by atoms with Crippen molar-refractivity contribution in [3.63, 3.8) is 0 Å². The molecule has 0 fully saturated rings. The first kappa shape index (κ1) is 4.90. The molecule has 11 heavy (non-hydrogen) atoms. The molecule has 0 atom stereocenters. The van der Waals surface area contributed by atoms with E-state index in [0.29, 0.717) is 0 Å². The topological polar surface area (TPSA) is 40.5 Å². The van der Waals surface area contributed by atoms with Crippen molar-refractivity contribution in [3.05, 3.63) is 29.5 Å². The molecular weight excluding hydrogens is 146 g/mol. The molecule has 2 N–H and O–H groups in total. The Hall–Kier alpha value is -0.865. The molecule has 0 aliphatic heterocycles. The average molecular weight is 157 g/mol. The summed E-state index contributed by atoms with van der Waals surface area (Å²) < 4.78 is 35.1. The van der Waals surface area contributed by atoms with Gasteiger partial charge in [0.1, 0.15) is 5.82 Å². The van der Waals surface area contributed by atoms with Crippen LogP contribution in [0.2, 0.25) is 0 Å². The molecule has 2 nitrogen and oxygen atoms in total. The van der Waals surface area contributed by atoms with Gasteiger partial charge in [-0.3, -0.25) is 0 Å². The Kier molecular flexibility index (Phi) is 1.35. The first-order valence-electron chi connectivity index (χ1n) is 4.49. The van der Waals surface area contributed by atoms with Gasteiger partial charge in [0, 0.05) is 5.46 Å². The lowest BCUT2D eigenvalue weighted by Crippen LogP contribution is -2.33. The minimum atomic E-state index is -2.13. The molecule has 1 rings (SSSR count). The molecule has 0 aliphatic rings. The molecule has 0 aromatic heterocycles. The number of hydrogen-bond acceptors (Lipinski definition) is 2. The zero-order valence-corrected chi connectivity index (χ0v) is 5.85. The van der Waals surface area contributed by atoms with E-state index in [1.54, 1.807) is 0 Å². The molecule has 0 heterocycles. The number of halogens is 1. The Bertz CT molecular complexity index is 355. The predicted octanol–water partition coefficient (Wildman–Crippen LogP) is -0.186.